The average Bonchev–Trinajstić information content (AvgIpc) is 3.87. The zero-order valence-corrected chi connectivity index (χ0v) is 26.3. The van der Waals surface area contributed by atoms with Gasteiger partial charge in [0.2, 0.25) is 15.9 Å². The van der Waals surface area contributed by atoms with Crippen molar-refractivity contribution in [1.29, 1.82) is 0 Å². The number of nitrogens with one attached hydrogen (secondary N) is 1. The molecular weight excluding hydrogens is 596 g/mol. The second-order valence-electron chi connectivity index (χ2n) is 11.1. The number of carbonyl (C=O) groups is 1. The first-order valence-electron chi connectivity index (χ1n) is 14.7. The van der Waals surface area contributed by atoms with Gasteiger partial charge in [0.25, 0.3) is 0 Å². The van der Waals surface area contributed by atoms with E-state index in [0.717, 1.165) is 28.0 Å². The predicted octanol–water partition coefficient (Wildman–Crippen LogP) is 6.43. The van der Waals surface area contributed by atoms with E-state index in [1.165, 1.54) is 12.8 Å². The molecule has 1 saturated carbocycles. The molecule has 0 atom stereocenters. The zero-order valence-electron chi connectivity index (χ0n) is 24.7. The van der Waals surface area contributed by atoms with E-state index in [1.54, 1.807) is 43.5 Å². The van der Waals surface area contributed by atoms with Crippen LogP contribution in [-0.4, -0.2) is 39.5 Å². The molecule has 1 fully saturated rings. The van der Waals surface area contributed by atoms with Crippen molar-refractivity contribution in [3.05, 3.63) is 124 Å². The fourth-order valence-corrected chi connectivity index (χ4v) is 6.00. The van der Waals surface area contributed by atoms with Crippen LogP contribution >= 0.6 is 11.6 Å². The molecule has 1 N–H and O–H groups in total. The summed E-state index contributed by atoms with van der Waals surface area (Å²) in [4.78, 5) is 15.6. The molecule has 44 heavy (non-hydrogen) atoms. The smallest absolute Gasteiger partial charge is 0.240 e. The van der Waals surface area contributed by atoms with Crippen molar-refractivity contribution in [1.82, 2.24) is 9.62 Å². The molecular formula is C35H37ClN2O5S. The van der Waals surface area contributed by atoms with Crippen molar-refractivity contribution in [3.8, 4) is 11.5 Å². The van der Waals surface area contributed by atoms with Crippen LogP contribution in [0.1, 0.15) is 35.1 Å². The van der Waals surface area contributed by atoms with E-state index in [9.17, 15) is 13.2 Å². The number of sulfonamides is 1. The molecule has 7 nitrogen and oxygen atoms in total. The molecule has 0 aromatic heterocycles. The first-order chi connectivity index (χ1) is 21.3. The maximum Gasteiger partial charge on any atom is 0.240 e. The highest BCUT2D eigenvalue weighted by atomic mass is 35.5. The molecule has 0 bridgehead atoms. The van der Waals surface area contributed by atoms with E-state index in [1.807, 2.05) is 65.6 Å². The Balaban J connectivity index is 1.26. The number of benzene rings is 4. The number of methoxy groups -OCH3 is 1. The number of nitrogens with zero attached hydrogens (tertiary/aromatic N) is 1. The third-order valence-corrected chi connectivity index (χ3v) is 9.29. The lowest BCUT2D eigenvalue weighted by Crippen LogP contribution is -2.34. The van der Waals surface area contributed by atoms with Crippen LogP contribution in [0.5, 0.6) is 11.5 Å². The Morgan fingerprint density at radius 1 is 0.909 bits per heavy atom. The molecule has 0 aliphatic heterocycles. The highest BCUT2D eigenvalue weighted by molar-refractivity contribution is 7.89. The van der Waals surface area contributed by atoms with Crippen molar-refractivity contribution in [3.63, 3.8) is 0 Å². The Hall–Kier alpha value is -3.85. The number of halogens is 1. The largest absolute Gasteiger partial charge is 0.497 e. The van der Waals surface area contributed by atoms with Crippen molar-refractivity contribution in [2.24, 2.45) is 5.92 Å². The SMILES string of the molecule is COc1ccc(CNS(=O)(=O)c2ccc(CCN(Cc3cc(Cl)ccc3OCC3CC3)C(=O)Cc3ccccc3)cc2)cc1. The van der Waals surface area contributed by atoms with Crippen LogP contribution in [-0.2, 0) is 40.7 Å². The minimum Gasteiger partial charge on any atom is -0.497 e. The quantitative estimate of drug-likeness (QED) is 0.163. The molecule has 0 heterocycles. The summed E-state index contributed by atoms with van der Waals surface area (Å²) in [5, 5.41) is 0.589. The van der Waals surface area contributed by atoms with E-state index in [2.05, 4.69) is 4.72 Å². The normalized spacial score (nSPS) is 13.0. The summed E-state index contributed by atoms with van der Waals surface area (Å²) in [5.41, 5.74) is 3.56. The monoisotopic (exact) mass is 632 g/mol. The van der Waals surface area contributed by atoms with Gasteiger partial charge in [0, 0.05) is 30.2 Å². The minimum atomic E-state index is -3.70. The topological polar surface area (TPSA) is 84.9 Å². The number of amides is 1. The van der Waals surface area contributed by atoms with Gasteiger partial charge in [0.05, 0.1) is 25.0 Å². The van der Waals surface area contributed by atoms with Gasteiger partial charge in [-0.25, -0.2) is 13.1 Å². The molecule has 4 aromatic carbocycles. The Morgan fingerprint density at radius 2 is 1.61 bits per heavy atom. The molecule has 0 unspecified atom stereocenters. The predicted molar refractivity (Wildman–Crippen MR) is 172 cm³/mol. The fourth-order valence-electron chi connectivity index (χ4n) is 4.79. The molecule has 1 amide bonds. The summed E-state index contributed by atoms with van der Waals surface area (Å²) >= 11 is 6.36. The maximum atomic E-state index is 13.6. The van der Waals surface area contributed by atoms with Gasteiger partial charge in [-0.05, 0) is 84.3 Å². The van der Waals surface area contributed by atoms with Gasteiger partial charge in [-0.15, -0.1) is 0 Å². The van der Waals surface area contributed by atoms with E-state index in [-0.39, 0.29) is 23.8 Å². The highest BCUT2D eigenvalue weighted by Crippen LogP contribution is 2.31. The van der Waals surface area contributed by atoms with Gasteiger partial charge in [0.1, 0.15) is 11.5 Å². The standard InChI is InChI=1S/C35H37ClN2O5S/c1-42-32-14-9-28(10-15-32)23-37-44(40,41)33-16-11-26(12-17-33)19-20-38(35(39)21-27-5-3-2-4-6-27)24-30-22-31(36)13-18-34(30)43-25-29-7-8-29/h2-6,9-18,22,29,37H,7-8,19-21,23-25H2,1H3. The molecule has 9 heteroatoms. The van der Waals surface area contributed by atoms with Crippen molar-refractivity contribution in [2.45, 2.75) is 43.7 Å². The summed E-state index contributed by atoms with van der Waals surface area (Å²) in [5.74, 6) is 2.04. The Labute approximate surface area is 264 Å². The van der Waals surface area contributed by atoms with Gasteiger partial charge < -0.3 is 14.4 Å². The summed E-state index contributed by atoms with van der Waals surface area (Å²) < 4.78 is 39.8. The van der Waals surface area contributed by atoms with Gasteiger partial charge in [-0.2, -0.15) is 0 Å². The van der Waals surface area contributed by atoms with Crippen LogP contribution in [0.3, 0.4) is 0 Å². The summed E-state index contributed by atoms with van der Waals surface area (Å²) in [6, 6.07) is 29.2. The molecule has 5 rings (SSSR count). The van der Waals surface area contributed by atoms with Crippen LogP contribution in [0.15, 0.2) is 102 Å². The molecule has 4 aromatic rings. The lowest BCUT2D eigenvalue weighted by molar-refractivity contribution is -0.131. The number of hydrogen-bond acceptors (Lipinski definition) is 5. The van der Waals surface area contributed by atoms with Crippen LogP contribution in [0.4, 0.5) is 0 Å². The van der Waals surface area contributed by atoms with E-state index >= 15 is 0 Å². The second kappa shape index (κ2) is 14.8. The molecule has 1 aliphatic rings. The molecule has 1 aliphatic carbocycles. The van der Waals surface area contributed by atoms with E-state index < -0.39 is 10.0 Å². The maximum absolute atomic E-state index is 13.6. The van der Waals surface area contributed by atoms with Crippen LogP contribution < -0.4 is 14.2 Å². The minimum absolute atomic E-state index is 0.00810. The number of hydrogen-bond donors (Lipinski definition) is 1. The van der Waals surface area contributed by atoms with Gasteiger partial charge in [-0.3, -0.25) is 4.79 Å². The van der Waals surface area contributed by atoms with Crippen molar-refractivity contribution in [2.75, 3.05) is 20.3 Å². The van der Waals surface area contributed by atoms with Crippen LogP contribution in [0.25, 0.3) is 0 Å². The Bertz CT molecular complexity index is 1640. The zero-order chi connectivity index (χ0) is 30.9. The number of carbonyl (C=O) groups excluding carboxylic acids is 1. The molecule has 0 saturated heterocycles. The first kappa shape index (κ1) is 31.6. The second-order valence-corrected chi connectivity index (χ2v) is 13.3. The molecule has 0 spiro atoms. The van der Waals surface area contributed by atoms with E-state index in [4.69, 9.17) is 21.1 Å². The number of rotatable bonds is 15. The summed E-state index contributed by atoms with van der Waals surface area (Å²) in [6.45, 7) is 1.63. The van der Waals surface area contributed by atoms with Gasteiger partial charge in [-0.1, -0.05) is 66.2 Å². The van der Waals surface area contributed by atoms with Gasteiger partial charge >= 0.3 is 0 Å². The fraction of sp³-hybridized carbons (Fsp3) is 0.286. The Morgan fingerprint density at radius 3 is 2.30 bits per heavy atom. The average molecular weight is 633 g/mol. The Kier molecular flexibility index (Phi) is 10.6. The lowest BCUT2D eigenvalue weighted by atomic mass is 10.1. The lowest BCUT2D eigenvalue weighted by Gasteiger charge is -2.25. The summed E-state index contributed by atoms with van der Waals surface area (Å²) in [7, 11) is -2.11. The third-order valence-electron chi connectivity index (χ3n) is 7.64. The summed E-state index contributed by atoms with van der Waals surface area (Å²) in [6.07, 6.45) is 3.20. The number of ether oxygens (including phenoxy) is 2. The highest BCUT2D eigenvalue weighted by Gasteiger charge is 2.23. The van der Waals surface area contributed by atoms with Crippen LogP contribution in [0, 0.1) is 5.92 Å². The first-order valence-corrected chi connectivity index (χ1v) is 16.6. The molecule has 0 radical (unpaired) electrons. The molecule has 230 valence electrons. The van der Waals surface area contributed by atoms with E-state index in [0.29, 0.717) is 42.8 Å². The van der Waals surface area contributed by atoms with Crippen molar-refractivity contribution >= 4 is 27.5 Å². The van der Waals surface area contributed by atoms with Crippen molar-refractivity contribution < 1.29 is 22.7 Å². The van der Waals surface area contributed by atoms with Gasteiger partial charge in [0.15, 0.2) is 0 Å². The van der Waals surface area contributed by atoms with Crippen LogP contribution in [0.2, 0.25) is 5.02 Å². The third kappa shape index (κ3) is 9.08.